The van der Waals surface area contributed by atoms with Crippen LogP contribution >= 0.6 is 0 Å². The van der Waals surface area contributed by atoms with Gasteiger partial charge in [-0.1, -0.05) is 30.3 Å². The van der Waals surface area contributed by atoms with Crippen LogP contribution in [0.3, 0.4) is 0 Å². The van der Waals surface area contributed by atoms with Gasteiger partial charge < -0.3 is 14.2 Å². The molecule has 0 radical (unpaired) electrons. The molecule has 0 saturated heterocycles. The lowest BCUT2D eigenvalue weighted by atomic mass is 10.1. The maximum atomic E-state index is 11.4. The summed E-state index contributed by atoms with van der Waals surface area (Å²) in [6.45, 7) is 5.62. The van der Waals surface area contributed by atoms with E-state index >= 15 is 0 Å². The molecule has 25 heavy (non-hydrogen) atoms. The number of rotatable bonds is 8. The van der Waals surface area contributed by atoms with E-state index in [0.29, 0.717) is 6.54 Å². The van der Waals surface area contributed by atoms with Gasteiger partial charge in [0.2, 0.25) is 0 Å². The zero-order chi connectivity index (χ0) is 18.8. The number of benzene rings is 1. The maximum absolute atomic E-state index is 11.4. The van der Waals surface area contributed by atoms with Gasteiger partial charge in [0.1, 0.15) is 6.10 Å². The first-order chi connectivity index (χ1) is 11.8. The number of hydrogen-bond donors (Lipinski definition) is 0. The van der Waals surface area contributed by atoms with Gasteiger partial charge in [0.15, 0.2) is 12.2 Å². The summed E-state index contributed by atoms with van der Waals surface area (Å²) in [5.41, 5.74) is 0.970. The normalized spacial score (nSPS) is 14.4. The number of hydrogen-bond acceptors (Lipinski definition) is 7. The lowest BCUT2D eigenvalue weighted by Gasteiger charge is -2.28. The topological polar surface area (TPSA) is 91.3 Å². The van der Waals surface area contributed by atoms with Gasteiger partial charge in [-0.3, -0.25) is 19.4 Å². The van der Waals surface area contributed by atoms with E-state index in [0.717, 1.165) is 5.56 Å². The third-order valence-electron chi connectivity index (χ3n) is 3.11. The van der Waals surface area contributed by atoms with Crippen molar-refractivity contribution in [3.8, 4) is 0 Å². The van der Waals surface area contributed by atoms with Crippen LogP contribution in [0.1, 0.15) is 33.3 Å². The molecule has 136 valence electrons. The van der Waals surface area contributed by atoms with E-state index in [9.17, 15) is 14.4 Å². The quantitative estimate of drug-likeness (QED) is 0.405. The first-order valence-electron chi connectivity index (χ1n) is 7.85. The first kappa shape index (κ1) is 20.3. The average Bonchev–Trinajstić information content (AvgIpc) is 2.51. The van der Waals surface area contributed by atoms with E-state index in [1.807, 2.05) is 30.3 Å². The molecule has 3 atom stereocenters. The van der Waals surface area contributed by atoms with Crippen LogP contribution in [0.4, 0.5) is 0 Å². The molecule has 0 amide bonds. The number of esters is 3. The van der Waals surface area contributed by atoms with Crippen LogP contribution < -0.4 is 0 Å². The van der Waals surface area contributed by atoms with Crippen molar-refractivity contribution in [1.29, 1.82) is 0 Å². The van der Waals surface area contributed by atoms with Crippen molar-refractivity contribution in [2.75, 3.05) is 0 Å². The van der Waals surface area contributed by atoms with Gasteiger partial charge in [0.25, 0.3) is 0 Å². The fourth-order valence-electron chi connectivity index (χ4n) is 2.17. The maximum Gasteiger partial charge on any atom is 0.303 e. The Morgan fingerprint density at radius 2 is 1.52 bits per heavy atom. The molecule has 0 unspecified atom stereocenters. The number of aliphatic imine (C=N–C) groups is 1. The van der Waals surface area contributed by atoms with E-state index < -0.39 is 36.2 Å². The van der Waals surface area contributed by atoms with Gasteiger partial charge in [-0.05, 0) is 12.5 Å². The Labute approximate surface area is 147 Å². The SMILES string of the molecule is CC(=O)O[C@@H]([C@H](C)OC(C)=O)[C@H](C=NCc1ccccc1)OC(C)=O. The number of nitrogens with zero attached hydrogens (tertiary/aromatic N) is 1. The summed E-state index contributed by atoms with van der Waals surface area (Å²) in [5, 5.41) is 0. The van der Waals surface area contributed by atoms with Gasteiger partial charge >= 0.3 is 17.9 Å². The zero-order valence-corrected chi connectivity index (χ0v) is 14.8. The molecule has 1 aromatic rings. The van der Waals surface area contributed by atoms with E-state index in [-0.39, 0.29) is 0 Å². The van der Waals surface area contributed by atoms with Crippen LogP contribution in [0.2, 0.25) is 0 Å². The van der Waals surface area contributed by atoms with E-state index in [1.165, 1.54) is 27.0 Å². The largest absolute Gasteiger partial charge is 0.459 e. The molecule has 0 heterocycles. The van der Waals surface area contributed by atoms with Crippen molar-refractivity contribution in [3.63, 3.8) is 0 Å². The fraction of sp³-hybridized carbons (Fsp3) is 0.444. The molecule has 0 fully saturated rings. The van der Waals surface area contributed by atoms with Gasteiger partial charge in [0, 0.05) is 27.0 Å². The minimum absolute atomic E-state index is 0.368. The highest BCUT2D eigenvalue weighted by atomic mass is 16.6. The smallest absolute Gasteiger partial charge is 0.303 e. The van der Waals surface area contributed by atoms with Crippen molar-refractivity contribution in [2.24, 2.45) is 4.99 Å². The van der Waals surface area contributed by atoms with Gasteiger partial charge in [0.05, 0.1) is 6.54 Å². The molecule has 7 heteroatoms. The second-order valence-electron chi connectivity index (χ2n) is 5.44. The molecule has 0 bridgehead atoms. The molecular weight excluding hydrogens is 326 g/mol. The summed E-state index contributed by atoms with van der Waals surface area (Å²) in [4.78, 5) is 38.2. The number of carbonyl (C=O) groups excluding carboxylic acids is 3. The highest BCUT2D eigenvalue weighted by Crippen LogP contribution is 2.13. The highest BCUT2D eigenvalue weighted by Gasteiger charge is 2.33. The molecule has 0 N–H and O–H groups in total. The predicted molar refractivity (Wildman–Crippen MR) is 91.0 cm³/mol. The summed E-state index contributed by atoms with van der Waals surface area (Å²) in [7, 11) is 0. The van der Waals surface area contributed by atoms with Crippen molar-refractivity contribution in [2.45, 2.75) is 52.6 Å². The fourth-order valence-corrected chi connectivity index (χ4v) is 2.17. The molecule has 0 saturated carbocycles. The van der Waals surface area contributed by atoms with Crippen LogP contribution in [0, 0.1) is 0 Å². The van der Waals surface area contributed by atoms with Crippen molar-refractivity contribution < 1.29 is 28.6 Å². The second-order valence-corrected chi connectivity index (χ2v) is 5.44. The highest BCUT2D eigenvalue weighted by molar-refractivity contribution is 5.74. The van der Waals surface area contributed by atoms with Gasteiger partial charge in [-0.25, -0.2) is 0 Å². The van der Waals surface area contributed by atoms with Crippen LogP contribution in [0.15, 0.2) is 35.3 Å². The van der Waals surface area contributed by atoms with E-state index in [4.69, 9.17) is 14.2 Å². The van der Waals surface area contributed by atoms with E-state index in [2.05, 4.69) is 4.99 Å². The molecule has 0 aromatic heterocycles. The summed E-state index contributed by atoms with van der Waals surface area (Å²) in [6, 6.07) is 9.48. The Kier molecular flexibility index (Phi) is 8.32. The van der Waals surface area contributed by atoms with Crippen molar-refractivity contribution >= 4 is 24.1 Å². The third-order valence-corrected chi connectivity index (χ3v) is 3.11. The Balaban J connectivity index is 2.94. The molecular formula is C18H23NO6. The van der Waals surface area contributed by atoms with E-state index in [1.54, 1.807) is 6.92 Å². The predicted octanol–water partition coefficient (Wildman–Crippen LogP) is 2.07. The van der Waals surface area contributed by atoms with Gasteiger partial charge in [-0.15, -0.1) is 0 Å². The van der Waals surface area contributed by atoms with Crippen LogP contribution in [0.5, 0.6) is 0 Å². The Morgan fingerprint density at radius 3 is 2.04 bits per heavy atom. The average molecular weight is 349 g/mol. The lowest BCUT2D eigenvalue weighted by molar-refractivity contribution is -0.175. The Hall–Kier alpha value is -2.70. The molecule has 0 aliphatic heterocycles. The molecule has 7 nitrogen and oxygen atoms in total. The second kappa shape index (κ2) is 10.2. The number of ether oxygens (including phenoxy) is 3. The summed E-state index contributed by atoms with van der Waals surface area (Å²) >= 11 is 0. The lowest BCUT2D eigenvalue weighted by Crippen LogP contribution is -2.44. The molecule has 0 spiro atoms. The van der Waals surface area contributed by atoms with Crippen molar-refractivity contribution in [1.82, 2.24) is 0 Å². The zero-order valence-electron chi connectivity index (χ0n) is 14.8. The molecule has 1 aromatic carbocycles. The van der Waals surface area contributed by atoms with Crippen LogP contribution in [-0.4, -0.2) is 42.4 Å². The Bertz CT molecular complexity index is 613. The standard InChI is InChI=1S/C18H23NO6/c1-12(23-13(2)20)18(25-15(4)22)17(24-14(3)21)11-19-10-16-8-6-5-7-9-16/h5-9,11-12,17-18H,10H2,1-4H3/t12-,17-,18-/m0/s1. The third kappa shape index (κ3) is 8.10. The van der Waals surface area contributed by atoms with Crippen molar-refractivity contribution in [3.05, 3.63) is 35.9 Å². The summed E-state index contributed by atoms with van der Waals surface area (Å²) in [6.07, 6.45) is -1.39. The van der Waals surface area contributed by atoms with Crippen LogP contribution in [0.25, 0.3) is 0 Å². The molecule has 0 aliphatic carbocycles. The minimum atomic E-state index is -0.996. The van der Waals surface area contributed by atoms with Crippen LogP contribution in [-0.2, 0) is 35.1 Å². The Morgan fingerprint density at radius 1 is 0.960 bits per heavy atom. The first-order valence-corrected chi connectivity index (χ1v) is 7.85. The summed E-state index contributed by atoms with van der Waals surface area (Å²) < 4.78 is 15.5. The minimum Gasteiger partial charge on any atom is -0.459 e. The molecule has 0 aliphatic rings. The number of carbonyl (C=O) groups is 3. The summed E-state index contributed by atoms with van der Waals surface area (Å²) in [5.74, 6) is -1.69. The molecule has 1 rings (SSSR count). The van der Waals surface area contributed by atoms with Gasteiger partial charge in [-0.2, -0.15) is 0 Å². The monoisotopic (exact) mass is 349 g/mol.